The number of hydrogen-bond donors (Lipinski definition) is 2. The fourth-order valence-corrected chi connectivity index (χ4v) is 2.27. The van der Waals surface area contributed by atoms with E-state index in [1.54, 1.807) is 30.5 Å². The third kappa shape index (κ3) is 3.54. The van der Waals surface area contributed by atoms with Gasteiger partial charge in [0, 0.05) is 26.4 Å². The van der Waals surface area contributed by atoms with E-state index in [-0.39, 0.29) is 5.91 Å². The van der Waals surface area contributed by atoms with Crippen molar-refractivity contribution in [1.29, 1.82) is 0 Å². The summed E-state index contributed by atoms with van der Waals surface area (Å²) >= 11 is 6.67. The molecule has 0 fully saturated rings. The van der Waals surface area contributed by atoms with Crippen molar-refractivity contribution in [2.24, 2.45) is 0 Å². The second-order valence-electron chi connectivity index (χ2n) is 4.05. The van der Waals surface area contributed by atoms with Crippen LogP contribution in [0.25, 0.3) is 0 Å². The number of nitrogen functional groups attached to an aromatic ring is 1. The molecule has 0 aliphatic heterocycles. The highest BCUT2D eigenvalue weighted by atomic mass is 79.9. The number of rotatable bonds is 2. The molecule has 1 heterocycles. The lowest BCUT2D eigenvalue weighted by Crippen LogP contribution is -2.13. The summed E-state index contributed by atoms with van der Waals surface area (Å²) in [4.78, 5) is 16.2. The van der Waals surface area contributed by atoms with Gasteiger partial charge in [0.15, 0.2) is 0 Å². The Labute approximate surface area is 127 Å². The molecule has 0 aliphatic carbocycles. The molecule has 4 nitrogen and oxygen atoms in total. The molecule has 0 saturated heterocycles. The predicted molar refractivity (Wildman–Crippen MR) is 83.2 cm³/mol. The van der Waals surface area contributed by atoms with E-state index in [1.807, 2.05) is 6.92 Å². The van der Waals surface area contributed by atoms with Crippen LogP contribution in [-0.4, -0.2) is 10.9 Å². The summed E-state index contributed by atoms with van der Waals surface area (Å²) in [6.07, 6.45) is 1.65. The molecule has 0 aliphatic rings. The maximum absolute atomic E-state index is 12.1. The molecule has 0 unspecified atom stereocenters. The van der Waals surface area contributed by atoms with Crippen molar-refractivity contribution < 1.29 is 4.79 Å². The van der Waals surface area contributed by atoms with E-state index in [0.717, 1.165) is 14.5 Å². The Hall–Kier alpha value is -1.40. The van der Waals surface area contributed by atoms with Crippen LogP contribution in [0.5, 0.6) is 0 Å². The normalized spacial score (nSPS) is 10.3. The molecule has 0 atom stereocenters. The number of amides is 1. The maximum Gasteiger partial charge on any atom is 0.256 e. The summed E-state index contributed by atoms with van der Waals surface area (Å²) in [6, 6.07) is 6.85. The van der Waals surface area contributed by atoms with Crippen molar-refractivity contribution in [1.82, 2.24) is 4.98 Å². The number of aryl methyl sites for hydroxylation is 1. The summed E-state index contributed by atoms with van der Waals surface area (Å²) in [5.74, 6) is 0.256. The van der Waals surface area contributed by atoms with Crippen LogP contribution < -0.4 is 11.1 Å². The Morgan fingerprint density at radius 2 is 2.00 bits per heavy atom. The van der Waals surface area contributed by atoms with Crippen LogP contribution in [0.2, 0.25) is 0 Å². The van der Waals surface area contributed by atoms with E-state index in [4.69, 9.17) is 5.73 Å². The van der Waals surface area contributed by atoms with Crippen LogP contribution in [0, 0.1) is 6.92 Å². The summed E-state index contributed by atoms with van der Waals surface area (Å²) in [5, 5.41) is 2.73. The highest BCUT2D eigenvalue weighted by molar-refractivity contribution is 9.10. The van der Waals surface area contributed by atoms with Crippen molar-refractivity contribution in [2.75, 3.05) is 11.1 Å². The van der Waals surface area contributed by atoms with E-state index in [9.17, 15) is 4.79 Å². The van der Waals surface area contributed by atoms with E-state index >= 15 is 0 Å². The first-order chi connectivity index (χ1) is 8.95. The van der Waals surface area contributed by atoms with Crippen molar-refractivity contribution in [2.45, 2.75) is 6.92 Å². The molecule has 2 rings (SSSR count). The lowest BCUT2D eigenvalue weighted by Gasteiger charge is -2.07. The first kappa shape index (κ1) is 14.0. The largest absolute Gasteiger partial charge is 0.399 e. The maximum atomic E-state index is 12.1. The van der Waals surface area contributed by atoms with Crippen LogP contribution >= 0.6 is 31.9 Å². The van der Waals surface area contributed by atoms with Crippen molar-refractivity contribution in [3.63, 3.8) is 0 Å². The van der Waals surface area contributed by atoms with Gasteiger partial charge in [-0.05, 0) is 52.7 Å². The van der Waals surface area contributed by atoms with Gasteiger partial charge in [-0.3, -0.25) is 4.79 Å². The van der Waals surface area contributed by atoms with E-state index in [2.05, 4.69) is 42.2 Å². The van der Waals surface area contributed by atoms with Gasteiger partial charge < -0.3 is 11.1 Å². The van der Waals surface area contributed by atoms with Gasteiger partial charge in [-0.15, -0.1) is 0 Å². The van der Waals surface area contributed by atoms with Crippen LogP contribution in [0.3, 0.4) is 0 Å². The van der Waals surface area contributed by atoms with Gasteiger partial charge >= 0.3 is 0 Å². The number of anilines is 2. The molecule has 1 aromatic heterocycles. The molecule has 3 N–H and O–H groups in total. The number of nitrogens with zero attached hydrogens (tertiary/aromatic N) is 1. The topological polar surface area (TPSA) is 68.0 Å². The summed E-state index contributed by atoms with van der Waals surface area (Å²) < 4.78 is 1.66. The van der Waals surface area contributed by atoms with Gasteiger partial charge in [0.05, 0.1) is 0 Å². The van der Waals surface area contributed by atoms with Crippen molar-refractivity contribution in [3.05, 3.63) is 50.5 Å². The first-order valence-corrected chi connectivity index (χ1v) is 7.04. The molecule has 1 amide bonds. The monoisotopic (exact) mass is 383 g/mol. The number of hydrogen-bond acceptors (Lipinski definition) is 3. The molecule has 0 spiro atoms. The Kier molecular flexibility index (Phi) is 4.21. The minimum absolute atomic E-state index is 0.248. The molecule has 0 bridgehead atoms. The lowest BCUT2D eigenvalue weighted by atomic mass is 10.2. The van der Waals surface area contributed by atoms with E-state index in [1.165, 1.54) is 0 Å². The zero-order valence-corrected chi connectivity index (χ0v) is 13.2. The van der Waals surface area contributed by atoms with E-state index in [0.29, 0.717) is 17.1 Å². The van der Waals surface area contributed by atoms with Gasteiger partial charge in [0.2, 0.25) is 0 Å². The molecule has 19 heavy (non-hydrogen) atoms. The molecule has 0 radical (unpaired) electrons. The third-order valence-electron chi connectivity index (χ3n) is 2.47. The van der Waals surface area contributed by atoms with Gasteiger partial charge in [-0.1, -0.05) is 15.9 Å². The molecule has 2 aromatic rings. The Balaban J connectivity index is 2.22. The molecule has 1 aromatic carbocycles. The number of carbonyl (C=O) groups excluding carboxylic acids is 1. The Bertz CT molecular complexity index is 624. The highest BCUT2D eigenvalue weighted by Crippen LogP contribution is 2.20. The molecule has 6 heteroatoms. The fraction of sp³-hybridized carbons (Fsp3) is 0.0769. The summed E-state index contributed by atoms with van der Waals surface area (Å²) in [7, 11) is 0. The summed E-state index contributed by atoms with van der Waals surface area (Å²) in [5.41, 5.74) is 7.71. The molecule has 0 saturated carbocycles. The fourth-order valence-electron chi connectivity index (χ4n) is 1.54. The summed E-state index contributed by atoms with van der Waals surface area (Å²) in [6.45, 7) is 1.93. The SMILES string of the molecule is Cc1cc(NC(=O)c2cc(N)cc(Br)c2)ncc1Br. The van der Waals surface area contributed by atoms with Gasteiger partial charge in [0.1, 0.15) is 5.82 Å². The Morgan fingerprint density at radius 3 is 2.63 bits per heavy atom. The highest BCUT2D eigenvalue weighted by Gasteiger charge is 2.09. The number of nitrogens with two attached hydrogens (primary N) is 1. The molecular weight excluding hydrogens is 374 g/mol. The third-order valence-corrected chi connectivity index (χ3v) is 3.76. The lowest BCUT2D eigenvalue weighted by molar-refractivity contribution is 0.102. The molecular formula is C13H11Br2N3O. The quantitative estimate of drug-likeness (QED) is 0.774. The van der Waals surface area contributed by atoms with Gasteiger partial charge in [-0.2, -0.15) is 0 Å². The van der Waals surface area contributed by atoms with Crippen molar-refractivity contribution >= 4 is 49.3 Å². The zero-order valence-electron chi connectivity index (χ0n) is 10.1. The van der Waals surface area contributed by atoms with Crippen LogP contribution in [0.1, 0.15) is 15.9 Å². The smallest absolute Gasteiger partial charge is 0.256 e. The number of halogens is 2. The average Bonchev–Trinajstić information content (AvgIpc) is 2.32. The number of carbonyl (C=O) groups is 1. The van der Waals surface area contributed by atoms with Crippen LogP contribution in [-0.2, 0) is 0 Å². The second-order valence-corrected chi connectivity index (χ2v) is 5.82. The number of nitrogens with one attached hydrogen (secondary N) is 1. The zero-order chi connectivity index (χ0) is 14.0. The predicted octanol–water partition coefficient (Wildman–Crippen LogP) is 3.75. The number of benzene rings is 1. The average molecular weight is 385 g/mol. The standard InChI is InChI=1S/C13H11Br2N3O/c1-7-2-12(17-6-11(7)15)18-13(19)8-3-9(14)5-10(16)4-8/h2-6H,16H2,1H3,(H,17,18,19). The minimum Gasteiger partial charge on any atom is -0.399 e. The van der Waals surface area contributed by atoms with Gasteiger partial charge in [-0.25, -0.2) is 4.98 Å². The van der Waals surface area contributed by atoms with Crippen molar-refractivity contribution in [3.8, 4) is 0 Å². The minimum atomic E-state index is -0.248. The first-order valence-electron chi connectivity index (χ1n) is 5.45. The number of aromatic nitrogens is 1. The Morgan fingerprint density at radius 1 is 1.26 bits per heavy atom. The molecule has 98 valence electrons. The second kappa shape index (κ2) is 5.71. The van der Waals surface area contributed by atoms with E-state index < -0.39 is 0 Å². The number of pyridine rings is 1. The van der Waals surface area contributed by atoms with Gasteiger partial charge in [0.25, 0.3) is 5.91 Å². The van der Waals surface area contributed by atoms with Crippen LogP contribution in [0.4, 0.5) is 11.5 Å². The van der Waals surface area contributed by atoms with Crippen LogP contribution in [0.15, 0.2) is 39.4 Å².